The molecule has 5 heteroatoms. The summed E-state index contributed by atoms with van der Waals surface area (Å²) in [6, 6.07) is 23.2. The SMILES string of the molecule is Cc1cccnc1-c1ccc(-c2c[nH]c3ncc(-c4ccc5c(c4)CCC(NC4CCCOC4)CC5)cc23)cc1. The molecule has 1 saturated heterocycles. The van der Waals surface area contributed by atoms with E-state index in [1.54, 1.807) is 0 Å². The molecule has 2 atom stereocenters. The Hall–Kier alpha value is -3.80. The molecule has 2 aliphatic rings. The van der Waals surface area contributed by atoms with E-state index in [2.05, 4.69) is 83.0 Å². The number of aromatic nitrogens is 3. The molecule has 3 aromatic heterocycles. The Morgan fingerprint density at radius 3 is 2.48 bits per heavy atom. The normalized spacial score (nSPS) is 19.3. The molecular weight excluding hydrogens is 492 g/mol. The molecular formula is C35H36N4O. The highest BCUT2D eigenvalue weighted by molar-refractivity contribution is 5.96. The molecule has 0 spiro atoms. The van der Waals surface area contributed by atoms with Crippen LogP contribution in [-0.2, 0) is 17.6 Å². The Balaban J connectivity index is 1.13. The molecule has 5 aromatic rings. The summed E-state index contributed by atoms with van der Waals surface area (Å²) in [4.78, 5) is 12.8. The van der Waals surface area contributed by atoms with Gasteiger partial charge in [0.25, 0.3) is 0 Å². The maximum absolute atomic E-state index is 5.70. The zero-order valence-corrected chi connectivity index (χ0v) is 23.1. The minimum atomic E-state index is 0.513. The van der Waals surface area contributed by atoms with Crippen LogP contribution in [0.15, 0.2) is 79.3 Å². The van der Waals surface area contributed by atoms with Crippen molar-refractivity contribution in [1.29, 1.82) is 0 Å². The van der Waals surface area contributed by atoms with Gasteiger partial charge < -0.3 is 15.0 Å². The highest BCUT2D eigenvalue weighted by Gasteiger charge is 2.21. The first-order valence-electron chi connectivity index (χ1n) is 14.7. The number of hydrogen-bond donors (Lipinski definition) is 2. The van der Waals surface area contributed by atoms with Crippen LogP contribution in [0.1, 0.15) is 42.4 Å². The van der Waals surface area contributed by atoms with Crippen LogP contribution in [0.3, 0.4) is 0 Å². The zero-order chi connectivity index (χ0) is 26.9. The Morgan fingerprint density at radius 2 is 1.65 bits per heavy atom. The van der Waals surface area contributed by atoms with Gasteiger partial charge in [-0.1, -0.05) is 48.5 Å². The Kier molecular flexibility index (Phi) is 6.92. The predicted molar refractivity (Wildman–Crippen MR) is 162 cm³/mol. The van der Waals surface area contributed by atoms with Gasteiger partial charge in [-0.05, 0) is 85.4 Å². The van der Waals surface area contributed by atoms with Crippen molar-refractivity contribution in [2.75, 3.05) is 13.2 Å². The number of pyridine rings is 2. The van der Waals surface area contributed by atoms with Crippen molar-refractivity contribution >= 4 is 11.0 Å². The van der Waals surface area contributed by atoms with Crippen molar-refractivity contribution in [2.24, 2.45) is 0 Å². The lowest BCUT2D eigenvalue weighted by Gasteiger charge is -2.28. The van der Waals surface area contributed by atoms with E-state index in [1.807, 2.05) is 18.5 Å². The second-order valence-electron chi connectivity index (χ2n) is 11.4. The van der Waals surface area contributed by atoms with Gasteiger partial charge in [0.15, 0.2) is 0 Å². The zero-order valence-electron chi connectivity index (χ0n) is 23.1. The molecule has 0 radical (unpaired) electrons. The highest BCUT2D eigenvalue weighted by atomic mass is 16.5. The summed E-state index contributed by atoms with van der Waals surface area (Å²) in [5.74, 6) is 0. The molecule has 2 unspecified atom stereocenters. The minimum absolute atomic E-state index is 0.513. The monoisotopic (exact) mass is 528 g/mol. The van der Waals surface area contributed by atoms with Crippen molar-refractivity contribution < 1.29 is 4.74 Å². The highest BCUT2D eigenvalue weighted by Crippen LogP contribution is 2.34. The van der Waals surface area contributed by atoms with Gasteiger partial charge in [0.1, 0.15) is 5.65 Å². The second kappa shape index (κ2) is 11.0. The standard InChI is InChI=1S/C35H36N4O/c1-23-4-2-16-36-34(23)26-9-7-25(8-10-26)33-21-38-35-32(33)19-29(20-37-35)28-11-6-24-12-14-30(15-13-27(24)18-28)39-31-5-3-17-40-22-31/h2,4,6-11,16,18-21,30-31,39H,3,5,12-15,17,22H2,1H3,(H,37,38). The van der Waals surface area contributed by atoms with Gasteiger partial charge in [-0.15, -0.1) is 0 Å². The average molecular weight is 529 g/mol. The third kappa shape index (κ3) is 5.07. The lowest BCUT2D eigenvalue weighted by Crippen LogP contribution is -2.43. The smallest absolute Gasteiger partial charge is 0.137 e. The van der Waals surface area contributed by atoms with Crippen LogP contribution in [0, 0.1) is 6.92 Å². The van der Waals surface area contributed by atoms with Crippen molar-refractivity contribution in [3.8, 4) is 33.5 Å². The first-order chi connectivity index (χ1) is 19.7. The minimum Gasteiger partial charge on any atom is -0.380 e. The molecule has 1 aliphatic carbocycles. The maximum atomic E-state index is 5.70. The molecule has 1 aliphatic heterocycles. The Bertz CT molecular complexity index is 1630. The van der Waals surface area contributed by atoms with Gasteiger partial charge in [-0.3, -0.25) is 4.98 Å². The summed E-state index contributed by atoms with van der Waals surface area (Å²) < 4.78 is 5.70. The fourth-order valence-electron chi connectivity index (χ4n) is 6.45. The van der Waals surface area contributed by atoms with Crippen molar-refractivity contribution in [3.05, 3.63) is 95.9 Å². The fourth-order valence-corrected chi connectivity index (χ4v) is 6.45. The predicted octanol–water partition coefficient (Wildman–Crippen LogP) is 7.28. The van der Waals surface area contributed by atoms with Crippen LogP contribution in [-0.4, -0.2) is 40.2 Å². The van der Waals surface area contributed by atoms with Crippen molar-refractivity contribution in [2.45, 2.75) is 57.5 Å². The quantitative estimate of drug-likeness (QED) is 0.235. The van der Waals surface area contributed by atoms with E-state index >= 15 is 0 Å². The number of rotatable bonds is 5. The van der Waals surface area contributed by atoms with E-state index < -0.39 is 0 Å². The van der Waals surface area contributed by atoms with Crippen LogP contribution in [0.4, 0.5) is 0 Å². The topological polar surface area (TPSA) is 62.8 Å². The number of aryl methyl sites for hydroxylation is 3. The molecule has 4 heterocycles. The van der Waals surface area contributed by atoms with E-state index in [9.17, 15) is 0 Å². The van der Waals surface area contributed by atoms with Crippen LogP contribution < -0.4 is 5.32 Å². The van der Waals surface area contributed by atoms with Gasteiger partial charge >= 0.3 is 0 Å². The van der Waals surface area contributed by atoms with Gasteiger partial charge in [-0.25, -0.2) is 4.98 Å². The third-order valence-corrected chi connectivity index (χ3v) is 8.71. The molecule has 0 bridgehead atoms. The van der Waals surface area contributed by atoms with Crippen LogP contribution >= 0.6 is 0 Å². The van der Waals surface area contributed by atoms with E-state index in [0.29, 0.717) is 12.1 Å². The Labute approximate surface area is 236 Å². The van der Waals surface area contributed by atoms with Crippen molar-refractivity contribution in [1.82, 2.24) is 20.3 Å². The van der Waals surface area contributed by atoms with Crippen LogP contribution in [0.25, 0.3) is 44.5 Å². The lowest BCUT2D eigenvalue weighted by atomic mass is 9.96. The van der Waals surface area contributed by atoms with Gasteiger partial charge in [-0.2, -0.15) is 0 Å². The first kappa shape index (κ1) is 25.2. The summed E-state index contributed by atoms with van der Waals surface area (Å²) in [6.45, 7) is 3.88. The summed E-state index contributed by atoms with van der Waals surface area (Å²) in [5.41, 5.74) is 12.0. The largest absolute Gasteiger partial charge is 0.380 e. The molecule has 2 N–H and O–H groups in total. The number of nitrogens with one attached hydrogen (secondary N) is 2. The number of fused-ring (bicyclic) bond motifs is 2. The molecule has 40 heavy (non-hydrogen) atoms. The molecule has 0 saturated carbocycles. The fraction of sp³-hybridized carbons (Fsp3) is 0.314. The van der Waals surface area contributed by atoms with Crippen LogP contribution in [0.5, 0.6) is 0 Å². The van der Waals surface area contributed by atoms with Gasteiger partial charge in [0.05, 0.1) is 12.3 Å². The molecule has 7 rings (SSSR count). The summed E-state index contributed by atoms with van der Waals surface area (Å²) in [7, 11) is 0. The summed E-state index contributed by atoms with van der Waals surface area (Å²) >= 11 is 0. The van der Waals surface area contributed by atoms with Crippen molar-refractivity contribution in [3.63, 3.8) is 0 Å². The van der Waals surface area contributed by atoms with E-state index in [1.165, 1.54) is 59.1 Å². The molecule has 202 valence electrons. The first-order valence-corrected chi connectivity index (χ1v) is 14.7. The number of H-pyrrole nitrogens is 1. The second-order valence-corrected chi connectivity index (χ2v) is 11.4. The average Bonchev–Trinajstić information content (AvgIpc) is 3.32. The number of hydrogen-bond acceptors (Lipinski definition) is 4. The lowest BCUT2D eigenvalue weighted by molar-refractivity contribution is 0.0656. The van der Waals surface area contributed by atoms with E-state index in [-0.39, 0.29) is 0 Å². The van der Waals surface area contributed by atoms with E-state index in [4.69, 9.17) is 9.72 Å². The molecule has 2 aromatic carbocycles. The molecule has 5 nitrogen and oxygen atoms in total. The summed E-state index contributed by atoms with van der Waals surface area (Å²) in [6.07, 6.45) is 13.0. The molecule has 1 fully saturated rings. The number of nitrogens with zero attached hydrogens (tertiary/aromatic N) is 2. The number of benzene rings is 2. The molecule has 0 amide bonds. The summed E-state index contributed by atoms with van der Waals surface area (Å²) in [5, 5.41) is 5.04. The maximum Gasteiger partial charge on any atom is 0.137 e. The Morgan fingerprint density at radius 1 is 0.825 bits per heavy atom. The van der Waals surface area contributed by atoms with Gasteiger partial charge in [0, 0.05) is 59.4 Å². The van der Waals surface area contributed by atoms with Crippen LogP contribution in [0.2, 0.25) is 0 Å². The number of aromatic amines is 1. The van der Waals surface area contributed by atoms with Gasteiger partial charge in [0.2, 0.25) is 0 Å². The number of ether oxygens (including phenoxy) is 1. The third-order valence-electron chi connectivity index (χ3n) is 8.71. The van der Waals surface area contributed by atoms with E-state index in [0.717, 1.165) is 53.9 Å².